The average molecular weight is 390 g/mol. The number of anilines is 2. The molecular weight excluding hydrogens is 362 g/mol. The molecule has 1 aromatic heterocycles. The van der Waals surface area contributed by atoms with Crippen LogP contribution in [0.15, 0.2) is 73.1 Å². The molecule has 150 valence electrons. The smallest absolute Gasteiger partial charge is 0.261 e. The lowest BCUT2D eigenvalue weighted by Crippen LogP contribution is -2.30. The second-order valence-corrected chi connectivity index (χ2v) is 7.09. The van der Waals surface area contributed by atoms with E-state index in [-0.39, 0.29) is 5.91 Å². The molecule has 6 nitrogen and oxygen atoms in total. The number of nitrogens with zero attached hydrogens (tertiary/aromatic N) is 4. The van der Waals surface area contributed by atoms with E-state index in [2.05, 4.69) is 20.2 Å². The normalized spacial score (nSPS) is 10.7. The number of hydrogen-bond donors (Lipinski definition) is 1. The van der Waals surface area contributed by atoms with Crippen molar-refractivity contribution < 1.29 is 4.79 Å². The summed E-state index contributed by atoms with van der Waals surface area (Å²) in [7, 11) is 4.09. The third-order valence-corrected chi connectivity index (χ3v) is 4.46. The number of hydrogen-bond acceptors (Lipinski definition) is 5. The molecule has 0 atom stereocenters. The van der Waals surface area contributed by atoms with Gasteiger partial charge in [-0.25, -0.2) is 9.97 Å². The molecule has 0 saturated heterocycles. The van der Waals surface area contributed by atoms with Gasteiger partial charge in [0.2, 0.25) is 5.95 Å². The van der Waals surface area contributed by atoms with Gasteiger partial charge in [0.15, 0.2) is 0 Å². The fraction of sp³-hybridized carbons (Fsp3) is 0.261. The van der Waals surface area contributed by atoms with Gasteiger partial charge < -0.3 is 15.1 Å². The lowest BCUT2D eigenvalue weighted by Gasteiger charge is -2.23. The maximum Gasteiger partial charge on any atom is 0.261 e. The van der Waals surface area contributed by atoms with Gasteiger partial charge >= 0.3 is 0 Å². The van der Waals surface area contributed by atoms with Gasteiger partial charge in [-0.1, -0.05) is 48.5 Å². The molecule has 0 aliphatic rings. The largest absolute Gasteiger partial charge is 0.354 e. The van der Waals surface area contributed by atoms with Gasteiger partial charge in [-0.3, -0.25) is 4.79 Å². The summed E-state index contributed by atoms with van der Waals surface area (Å²) < 4.78 is 0. The van der Waals surface area contributed by atoms with Crippen molar-refractivity contribution in [1.82, 2.24) is 14.9 Å². The Kier molecular flexibility index (Phi) is 7.30. The summed E-state index contributed by atoms with van der Waals surface area (Å²) >= 11 is 0. The van der Waals surface area contributed by atoms with E-state index in [4.69, 9.17) is 0 Å². The summed E-state index contributed by atoms with van der Waals surface area (Å²) in [5, 5.41) is 3.19. The predicted molar refractivity (Wildman–Crippen MR) is 117 cm³/mol. The summed E-state index contributed by atoms with van der Waals surface area (Å²) in [6.07, 6.45) is 4.17. The molecule has 3 aromatic rings. The Morgan fingerprint density at radius 3 is 2.17 bits per heavy atom. The zero-order valence-electron chi connectivity index (χ0n) is 17.0. The minimum Gasteiger partial charge on any atom is -0.354 e. The van der Waals surface area contributed by atoms with E-state index in [0.29, 0.717) is 18.1 Å². The van der Waals surface area contributed by atoms with E-state index in [1.54, 1.807) is 17.3 Å². The fourth-order valence-corrected chi connectivity index (χ4v) is 2.94. The van der Waals surface area contributed by atoms with Crippen molar-refractivity contribution >= 4 is 17.5 Å². The van der Waals surface area contributed by atoms with E-state index in [9.17, 15) is 4.79 Å². The van der Waals surface area contributed by atoms with Crippen molar-refractivity contribution in [2.75, 3.05) is 37.4 Å². The molecule has 0 unspecified atom stereocenters. The highest BCUT2D eigenvalue weighted by Crippen LogP contribution is 2.20. The molecule has 0 saturated carbocycles. The molecule has 6 heteroatoms. The van der Waals surface area contributed by atoms with Crippen molar-refractivity contribution in [2.45, 2.75) is 13.0 Å². The first-order valence-electron chi connectivity index (χ1n) is 9.75. The Balaban J connectivity index is 1.72. The molecule has 1 amide bonds. The van der Waals surface area contributed by atoms with Crippen LogP contribution in [0.4, 0.5) is 11.6 Å². The lowest BCUT2D eigenvalue weighted by molar-refractivity contribution is 0.0984. The highest BCUT2D eigenvalue weighted by atomic mass is 16.2. The Bertz CT molecular complexity index is 882. The second kappa shape index (κ2) is 10.3. The monoisotopic (exact) mass is 389 g/mol. The van der Waals surface area contributed by atoms with Gasteiger partial charge in [-0.2, -0.15) is 0 Å². The van der Waals surface area contributed by atoms with Gasteiger partial charge in [0, 0.05) is 24.6 Å². The third-order valence-electron chi connectivity index (χ3n) is 4.46. The summed E-state index contributed by atoms with van der Waals surface area (Å²) in [5.41, 5.74) is 2.36. The first-order valence-corrected chi connectivity index (χ1v) is 9.75. The Morgan fingerprint density at radius 1 is 0.931 bits per heavy atom. The van der Waals surface area contributed by atoms with Crippen molar-refractivity contribution in [3.05, 3.63) is 84.2 Å². The molecule has 29 heavy (non-hydrogen) atoms. The van der Waals surface area contributed by atoms with Crippen molar-refractivity contribution in [1.29, 1.82) is 0 Å². The van der Waals surface area contributed by atoms with Crippen LogP contribution in [0.25, 0.3) is 0 Å². The van der Waals surface area contributed by atoms with Crippen LogP contribution < -0.4 is 10.2 Å². The minimum atomic E-state index is -0.126. The van der Waals surface area contributed by atoms with Gasteiger partial charge in [-0.05, 0) is 44.8 Å². The van der Waals surface area contributed by atoms with Crippen LogP contribution in [0.3, 0.4) is 0 Å². The maximum absolute atomic E-state index is 13.2. The molecule has 3 rings (SSSR count). The summed E-state index contributed by atoms with van der Waals surface area (Å²) in [6.45, 7) is 2.26. The molecule has 0 aliphatic heterocycles. The molecule has 0 aliphatic carbocycles. The number of para-hydroxylation sites is 1. The van der Waals surface area contributed by atoms with Crippen LogP contribution in [-0.4, -0.2) is 48.0 Å². The Labute approximate surface area is 172 Å². The van der Waals surface area contributed by atoms with E-state index in [1.807, 2.05) is 74.8 Å². The zero-order valence-corrected chi connectivity index (χ0v) is 17.0. The van der Waals surface area contributed by atoms with Crippen molar-refractivity contribution in [3.8, 4) is 0 Å². The van der Waals surface area contributed by atoms with Crippen LogP contribution in [0.5, 0.6) is 0 Å². The molecule has 0 spiro atoms. The number of carbonyl (C=O) groups is 1. The second-order valence-electron chi connectivity index (χ2n) is 7.09. The minimum absolute atomic E-state index is 0.126. The third kappa shape index (κ3) is 6.12. The van der Waals surface area contributed by atoms with Gasteiger partial charge in [0.05, 0.1) is 12.1 Å². The maximum atomic E-state index is 13.2. The van der Waals surface area contributed by atoms with Gasteiger partial charge in [0.1, 0.15) is 0 Å². The van der Waals surface area contributed by atoms with Gasteiger partial charge in [-0.15, -0.1) is 0 Å². The van der Waals surface area contributed by atoms with E-state index >= 15 is 0 Å². The lowest BCUT2D eigenvalue weighted by atomic mass is 10.1. The van der Waals surface area contributed by atoms with Crippen molar-refractivity contribution in [2.24, 2.45) is 0 Å². The molecule has 2 aromatic carbocycles. The molecule has 0 bridgehead atoms. The molecule has 0 fully saturated rings. The first-order chi connectivity index (χ1) is 14.1. The molecule has 0 radical (unpaired) electrons. The van der Waals surface area contributed by atoms with Crippen LogP contribution in [0.2, 0.25) is 0 Å². The van der Waals surface area contributed by atoms with Crippen LogP contribution in [0, 0.1) is 0 Å². The molecule has 1 N–H and O–H groups in total. The number of benzene rings is 2. The van der Waals surface area contributed by atoms with Gasteiger partial charge in [0.25, 0.3) is 5.91 Å². The highest BCUT2D eigenvalue weighted by molar-refractivity contribution is 6.05. The van der Waals surface area contributed by atoms with E-state index in [1.165, 1.54) is 0 Å². The number of amides is 1. The van der Waals surface area contributed by atoms with Crippen LogP contribution >= 0.6 is 0 Å². The topological polar surface area (TPSA) is 61.4 Å². The first kappa shape index (κ1) is 20.5. The predicted octanol–water partition coefficient (Wildman–Crippen LogP) is 3.69. The highest BCUT2D eigenvalue weighted by Gasteiger charge is 2.19. The van der Waals surface area contributed by atoms with Crippen LogP contribution in [-0.2, 0) is 6.54 Å². The van der Waals surface area contributed by atoms with Crippen molar-refractivity contribution in [3.63, 3.8) is 0 Å². The fourth-order valence-electron chi connectivity index (χ4n) is 2.94. The Morgan fingerprint density at radius 2 is 1.55 bits per heavy atom. The summed E-state index contributed by atoms with van der Waals surface area (Å²) in [6, 6.07) is 19.6. The number of aromatic nitrogens is 2. The standard InChI is InChI=1S/C23H27N5O/c1-27(2)15-9-14-24-23-25-16-20(17-26-23)22(29)28(21-12-7-4-8-13-21)18-19-10-5-3-6-11-19/h3-8,10-13,16-17H,9,14-15,18H2,1-2H3,(H,24,25,26). The summed E-state index contributed by atoms with van der Waals surface area (Å²) in [5.74, 6) is 0.411. The number of rotatable bonds is 9. The quantitative estimate of drug-likeness (QED) is 0.566. The van der Waals surface area contributed by atoms with Crippen LogP contribution in [0.1, 0.15) is 22.3 Å². The molecular formula is C23H27N5O. The molecule has 1 heterocycles. The summed E-state index contributed by atoms with van der Waals surface area (Å²) in [4.78, 5) is 25.7. The number of nitrogens with one attached hydrogen (secondary N) is 1. The number of carbonyl (C=O) groups excluding carboxylic acids is 1. The average Bonchev–Trinajstić information content (AvgIpc) is 2.76. The van der Waals surface area contributed by atoms with E-state index < -0.39 is 0 Å². The van der Waals surface area contributed by atoms with E-state index in [0.717, 1.165) is 30.8 Å². The Hall–Kier alpha value is -3.25. The SMILES string of the molecule is CN(C)CCCNc1ncc(C(=O)N(Cc2ccccc2)c2ccccc2)cn1. The zero-order chi connectivity index (χ0) is 20.5.